The topological polar surface area (TPSA) is 69.3 Å². The zero-order valence-corrected chi connectivity index (χ0v) is 12.1. The number of hydrogen-bond donors (Lipinski definition) is 3. The van der Waals surface area contributed by atoms with Gasteiger partial charge in [0, 0.05) is 38.3 Å². The number of pyridine rings is 1. The number of anilines is 2. The third-order valence-corrected chi connectivity index (χ3v) is 3.91. The standard InChI is InChI=1S/C15H21N5O/c1-11-13(3-5-15(21)18-11)19-12-2-4-14(17-10-12)20-8-6-16-7-9-20/h2,4,10,13,16,19H,1,3,5-9H2,(H,18,21). The van der Waals surface area contributed by atoms with Gasteiger partial charge in [0.15, 0.2) is 0 Å². The molecule has 0 radical (unpaired) electrons. The van der Waals surface area contributed by atoms with Crippen LogP contribution in [-0.4, -0.2) is 43.1 Å². The second kappa shape index (κ2) is 6.13. The number of nitrogens with zero attached hydrogens (tertiary/aromatic N) is 2. The zero-order valence-electron chi connectivity index (χ0n) is 12.1. The lowest BCUT2D eigenvalue weighted by molar-refractivity contribution is -0.121. The summed E-state index contributed by atoms with van der Waals surface area (Å²) in [5.41, 5.74) is 1.69. The molecule has 3 heterocycles. The highest BCUT2D eigenvalue weighted by Crippen LogP contribution is 2.19. The van der Waals surface area contributed by atoms with E-state index in [0.29, 0.717) is 6.42 Å². The van der Waals surface area contributed by atoms with Gasteiger partial charge in [0.25, 0.3) is 0 Å². The molecule has 0 saturated carbocycles. The second-order valence-electron chi connectivity index (χ2n) is 5.45. The van der Waals surface area contributed by atoms with Crippen molar-refractivity contribution in [2.75, 3.05) is 36.4 Å². The zero-order chi connectivity index (χ0) is 14.7. The quantitative estimate of drug-likeness (QED) is 0.763. The molecule has 2 fully saturated rings. The lowest BCUT2D eigenvalue weighted by Gasteiger charge is -2.29. The first-order valence-corrected chi connectivity index (χ1v) is 7.39. The minimum Gasteiger partial charge on any atom is -0.376 e. The Morgan fingerprint density at radius 3 is 2.81 bits per heavy atom. The number of amides is 1. The van der Waals surface area contributed by atoms with Crippen LogP contribution < -0.4 is 20.9 Å². The normalized spacial score (nSPS) is 22.9. The molecule has 6 nitrogen and oxygen atoms in total. The number of carbonyl (C=O) groups excluding carboxylic acids is 1. The molecule has 21 heavy (non-hydrogen) atoms. The average Bonchev–Trinajstić information content (AvgIpc) is 2.52. The van der Waals surface area contributed by atoms with Crippen molar-refractivity contribution in [2.24, 2.45) is 0 Å². The lowest BCUT2D eigenvalue weighted by atomic mass is 10.0. The van der Waals surface area contributed by atoms with Crippen molar-refractivity contribution in [2.45, 2.75) is 18.9 Å². The summed E-state index contributed by atoms with van der Waals surface area (Å²) in [6.45, 7) is 7.89. The van der Waals surface area contributed by atoms with Crippen LogP contribution in [0.3, 0.4) is 0 Å². The predicted octanol–water partition coefficient (Wildman–Crippen LogP) is 0.695. The molecule has 2 saturated heterocycles. The van der Waals surface area contributed by atoms with Crippen LogP contribution in [0.5, 0.6) is 0 Å². The molecule has 2 aliphatic rings. The summed E-state index contributed by atoms with van der Waals surface area (Å²) in [6, 6.07) is 4.15. The molecule has 2 aliphatic heterocycles. The number of nitrogens with one attached hydrogen (secondary N) is 3. The van der Waals surface area contributed by atoms with Crippen molar-refractivity contribution in [1.82, 2.24) is 15.6 Å². The first kappa shape index (κ1) is 13.9. The molecular weight excluding hydrogens is 266 g/mol. The Bertz CT molecular complexity index is 521. The van der Waals surface area contributed by atoms with Crippen LogP contribution in [0.1, 0.15) is 12.8 Å². The van der Waals surface area contributed by atoms with Crippen molar-refractivity contribution in [1.29, 1.82) is 0 Å². The van der Waals surface area contributed by atoms with Gasteiger partial charge in [0.1, 0.15) is 5.82 Å². The molecule has 1 aromatic rings. The molecule has 0 aliphatic carbocycles. The van der Waals surface area contributed by atoms with Gasteiger partial charge in [-0.05, 0) is 18.6 Å². The van der Waals surface area contributed by atoms with Crippen molar-refractivity contribution in [3.05, 3.63) is 30.6 Å². The molecule has 0 aromatic carbocycles. The van der Waals surface area contributed by atoms with Gasteiger partial charge in [-0.25, -0.2) is 4.98 Å². The Morgan fingerprint density at radius 1 is 1.33 bits per heavy atom. The van der Waals surface area contributed by atoms with Crippen molar-refractivity contribution < 1.29 is 4.79 Å². The van der Waals surface area contributed by atoms with Crippen molar-refractivity contribution in [3.63, 3.8) is 0 Å². The summed E-state index contributed by atoms with van der Waals surface area (Å²) in [4.78, 5) is 18.1. The Hall–Kier alpha value is -2.08. The summed E-state index contributed by atoms with van der Waals surface area (Å²) in [7, 11) is 0. The molecule has 6 heteroatoms. The van der Waals surface area contributed by atoms with E-state index >= 15 is 0 Å². The van der Waals surface area contributed by atoms with Crippen LogP contribution in [0.15, 0.2) is 30.6 Å². The molecule has 1 atom stereocenters. The summed E-state index contributed by atoms with van der Waals surface area (Å²) in [6.07, 6.45) is 3.15. The van der Waals surface area contributed by atoms with E-state index in [0.717, 1.165) is 49.8 Å². The van der Waals surface area contributed by atoms with Gasteiger partial charge in [-0.2, -0.15) is 0 Å². The number of hydrogen-bond acceptors (Lipinski definition) is 5. The fourth-order valence-electron chi connectivity index (χ4n) is 2.69. The number of piperazine rings is 1. The van der Waals surface area contributed by atoms with E-state index in [4.69, 9.17) is 0 Å². The Labute approximate surface area is 124 Å². The summed E-state index contributed by atoms with van der Waals surface area (Å²) >= 11 is 0. The van der Waals surface area contributed by atoms with Gasteiger partial charge in [-0.1, -0.05) is 6.58 Å². The minimum absolute atomic E-state index is 0.0465. The first-order valence-electron chi connectivity index (χ1n) is 7.39. The van der Waals surface area contributed by atoms with Gasteiger partial charge in [-0.3, -0.25) is 4.79 Å². The van der Waals surface area contributed by atoms with Crippen LogP contribution in [0.2, 0.25) is 0 Å². The summed E-state index contributed by atoms with van der Waals surface area (Å²) < 4.78 is 0. The summed E-state index contributed by atoms with van der Waals surface area (Å²) in [5, 5.41) is 9.49. The largest absolute Gasteiger partial charge is 0.376 e. The average molecular weight is 287 g/mol. The van der Waals surface area contributed by atoms with Gasteiger partial charge < -0.3 is 20.9 Å². The van der Waals surface area contributed by atoms with E-state index in [1.807, 2.05) is 18.3 Å². The third kappa shape index (κ3) is 3.33. The molecular formula is C15H21N5O. The highest BCUT2D eigenvalue weighted by atomic mass is 16.1. The molecule has 1 unspecified atom stereocenters. The molecule has 112 valence electrons. The van der Waals surface area contributed by atoms with E-state index in [1.54, 1.807) is 0 Å². The number of piperidine rings is 1. The fraction of sp³-hybridized carbons (Fsp3) is 0.467. The van der Waals surface area contributed by atoms with E-state index < -0.39 is 0 Å². The first-order chi connectivity index (χ1) is 10.2. The lowest BCUT2D eigenvalue weighted by Crippen LogP contribution is -2.43. The van der Waals surface area contributed by atoms with E-state index in [9.17, 15) is 4.79 Å². The van der Waals surface area contributed by atoms with Gasteiger partial charge in [-0.15, -0.1) is 0 Å². The number of rotatable bonds is 3. The predicted molar refractivity (Wildman–Crippen MR) is 83.2 cm³/mol. The fourth-order valence-corrected chi connectivity index (χ4v) is 2.69. The van der Waals surface area contributed by atoms with Crippen molar-refractivity contribution >= 4 is 17.4 Å². The summed E-state index contributed by atoms with van der Waals surface area (Å²) in [5.74, 6) is 1.06. The second-order valence-corrected chi connectivity index (χ2v) is 5.45. The van der Waals surface area contributed by atoms with Crippen LogP contribution in [0.4, 0.5) is 11.5 Å². The third-order valence-electron chi connectivity index (χ3n) is 3.91. The molecule has 1 amide bonds. The SMILES string of the molecule is C=C1NC(=O)CCC1Nc1ccc(N2CCNCC2)nc1. The molecule has 3 rings (SSSR count). The van der Waals surface area contributed by atoms with Gasteiger partial charge in [0.05, 0.1) is 17.9 Å². The van der Waals surface area contributed by atoms with Crippen LogP contribution >= 0.6 is 0 Å². The Kier molecular flexibility index (Phi) is 4.06. The molecule has 0 bridgehead atoms. The maximum absolute atomic E-state index is 11.3. The molecule has 3 N–H and O–H groups in total. The maximum atomic E-state index is 11.3. The van der Waals surface area contributed by atoms with E-state index in [-0.39, 0.29) is 11.9 Å². The molecule has 0 spiro atoms. The highest BCUT2D eigenvalue weighted by molar-refractivity contribution is 5.79. The van der Waals surface area contributed by atoms with E-state index in [2.05, 4.69) is 32.4 Å². The smallest absolute Gasteiger partial charge is 0.224 e. The Morgan fingerprint density at radius 2 is 2.14 bits per heavy atom. The molecule has 1 aromatic heterocycles. The van der Waals surface area contributed by atoms with Gasteiger partial charge in [0.2, 0.25) is 5.91 Å². The number of carbonyl (C=O) groups is 1. The van der Waals surface area contributed by atoms with E-state index in [1.165, 1.54) is 0 Å². The Balaban J connectivity index is 1.61. The van der Waals surface area contributed by atoms with Crippen LogP contribution in [0.25, 0.3) is 0 Å². The number of aromatic nitrogens is 1. The van der Waals surface area contributed by atoms with Crippen molar-refractivity contribution in [3.8, 4) is 0 Å². The monoisotopic (exact) mass is 287 g/mol. The van der Waals surface area contributed by atoms with Crippen LogP contribution in [0, 0.1) is 0 Å². The maximum Gasteiger partial charge on any atom is 0.224 e. The minimum atomic E-state index is 0.0465. The van der Waals surface area contributed by atoms with Gasteiger partial charge >= 0.3 is 0 Å². The highest BCUT2D eigenvalue weighted by Gasteiger charge is 2.21. The van der Waals surface area contributed by atoms with Crippen LogP contribution in [-0.2, 0) is 4.79 Å².